The molecular formula is C21H17N5O3. The number of rotatable bonds is 3. The second kappa shape index (κ2) is 6.80. The topological polar surface area (TPSA) is 120 Å². The Morgan fingerprint density at radius 3 is 2.55 bits per heavy atom. The van der Waals surface area contributed by atoms with Crippen LogP contribution in [0.2, 0.25) is 0 Å². The number of nitrogens with zero attached hydrogens (tertiary/aromatic N) is 4. The zero-order chi connectivity index (χ0) is 20.7. The smallest absolute Gasteiger partial charge is 0.273 e. The van der Waals surface area contributed by atoms with Crippen molar-refractivity contribution >= 4 is 5.69 Å². The first-order chi connectivity index (χ1) is 13.9. The highest BCUT2D eigenvalue weighted by Crippen LogP contribution is 2.46. The standard InChI is InChI=1S/C21H17N5O3/c1-12-7-9-14(10-8-12)25-21-18(13(2)24-25)19(16(11-22)20(23)29-21)15-5-3-4-6-17(15)26(27)28/h3-10,19H,23H2,1-2H3. The summed E-state index contributed by atoms with van der Waals surface area (Å²) in [5.74, 6) is -0.480. The lowest BCUT2D eigenvalue weighted by molar-refractivity contribution is -0.385. The fourth-order valence-electron chi connectivity index (χ4n) is 3.58. The first kappa shape index (κ1) is 18.3. The Labute approximate surface area is 166 Å². The summed E-state index contributed by atoms with van der Waals surface area (Å²) in [5, 5.41) is 25.9. The Morgan fingerprint density at radius 2 is 1.90 bits per heavy atom. The molecule has 1 atom stereocenters. The highest BCUT2D eigenvalue weighted by atomic mass is 16.6. The van der Waals surface area contributed by atoms with Gasteiger partial charge >= 0.3 is 0 Å². The van der Waals surface area contributed by atoms with Crippen LogP contribution in [-0.4, -0.2) is 14.7 Å². The molecule has 2 heterocycles. The number of aryl methyl sites for hydroxylation is 2. The molecule has 4 rings (SSSR count). The quantitative estimate of drug-likeness (QED) is 0.541. The molecule has 1 aliphatic rings. The summed E-state index contributed by atoms with van der Waals surface area (Å²) in [6.07, 6.45) is 0. The number of nitro benzene ring substituents is 1. The number of ether oxygens (including phenoxy) is 1. The Bertz CT molecular complexity index is 1200. The minimum absolute atomic E-state index is 0.0867. The van der Waals surface area contributed by atoms with Gasteiger partial charge in [0.25, 0.3) is 5.69 Å². The average molecular weight is 387 g/mol. The van der Waals surface area contributed by atoms with Crippen molar-refractivity contribution in [2.24, 2.45) is 5.73 Å². The molecule has 2 N–H and O–H groups in total. The van der Waals surface area contributed by atoms with Gasteiger partial charge in [-0.3, -0.25) is 10.1 Å². The molecule has 0 radical (unpaired) electrons. The molecule has 1 aliphatic heterocycles. The van der Waals surface area contributed by atoms with Crippen LogP contribution in [0.25, 0.3) is 5.69 Å². The Balaban J connectivity index is 1.99. The number of para-hydroxylation sites is 1. The minimum Gasteiger partial charge on any atom is -0.422 e. The summed E-state index contributed by atoms with van der Waals surface area (Å²) in [6.45, 7) is 3.76. The van der Waals surface area contributed by atoms with Gasteiger partial charge in [0.2, 0.25) is 11.8 Å². The normalized spacial score (nSPS) is 15.4. The van der Waals surface area contributed by atoms with Gasteiger partial charge in [-0.15, -0.1) is 0 Å². The van der Waals surface area contributed by atoms with Crippen LogP contribution in [0.3, 0.4) is 0 Å². The highest BCUT2D eigenvalue weighted by molar-refractivity contribution is 5.61. The number of allylic oxidation sites excluding steroid dienone is 1. The van der Waals surface area contributed by atoms with Crippen LogP contribution in [0.15, 0.2) is 60.0 Å². The molecule has 0 saturated heterocycles. The first-order valence-corrected chi connectivity index (χ1v) is 8.89. The summed E-state index contributed by atoms with van der Waals surface area (Å²) >= 11 is 0. The van der Waals surface area contributed by atoms with Gasteiger partial charge in [0.05, 0.1) is 27.8 Å². The lowest BCUT2D eigenvalue weighted by atomic mass is 9.83. The molecule has 3 aromatic rings. The lowest BCUT2D eigenvalue weighted by Gasteiger charge is -2.24. The summed E-state index contributed by atoms with van der Waals surface area (Å²) in [7, 11) is 0. The van der Waals surface area contributed by atoms with Gasteiger partial charge in [-0.2, -0.15) is 10.4 Å². The average Bonchev–Trinajstić information content (AvgIpc) is 3.03. The van der Waals surface area contributed by atoms with Crippen LogP contribution in [0.5, 0.6) is 5.88 Å². The van der Waals surface area contributed by atoms with Crippen LogP contribution < -0.4 is 10.5 Å². The number of benzene rings is 2. The molecule has 2 aromatic carbocycles. The Hall–Kier alpha value is -4.12. The van der Waals surface area contributed by atoms with Crippen molar-refractivity contribution in [3.05, 3.63) is 92.5 Å². The molecular weight excluding hydrogens is 370 g/mol. The molecule has 0 saturated carbocycles. The maximum absolute atomic E-state index is 11.6. The molecule has 0 amide bonds. The molecule has 0 fully saturated rings. The fraction of sp³-hybridized carbons (Fsp3) is 0.143. The van der Waals surface area contributed by atoms with Crippen molar-refractivity contribution in [1.29, 1.82) is 5.26 Å². The third-order valence-corrected chi connectivity index (χ3v) is 4.96. The van der Waals surface area contributed by atoms with Crippen LogP contribution in [0.1, 0.15) is 28.3 Å². The number of nitrogens with two attached hydrogens (primary N) is 1. The largest absolute Gasteiger partial charge is 0.422 e. The van der Waals surface area contributed by atoms with Gasteiger partial charge in [-0.1, -0.05) is 35.9 Å². The zero-order valence-corrected chi connectivity index (χ0v) is 15.8. The number of nitriles is 1. The molecule has 29 heavy (non-hydrogen) atoms. The number of hydrogen-bond acceptors (Lipinski definition) is 6. The van der Waals surface area contributed by atoms with Crippen molar-refractivity contribution in [2.75, 3.05) is 0 Å². The van der Waals surface area contributed by atoms with E-state index in [1.807, 2.05) is 31.2 Å². The van der Waals surface area contributed by atoms with Crippen molar-refractivity contribution < 1.29 is 9.66 Å². The highest BCUT2D eigenvalue weighted by Gasteiger charge is 2.39. The van der Waals surface area contributed by atoms with Gasteiger partial charge in [0, 0.05) is 11.6 Å². The Kier molecular flexibility index (Phi) is 4.28. The molecule has 8 nitrogen and oxygen atoms in total. The molecule has 144 valence electrons. The van der Waals surface area contributed by atoms with Crippen LogP contribution >= 0.6 is 0 Å². The second-order valence-electron chi connectivity index (χ2n) is 6.79. The van der Waals surface area contributed by atoms with Gasteiger partial charge in [0.15, 0.2) is 0 Å². The monoisotopic (exact) mass is 387 g/mol. The second-order valence-corrected chi connectivity index (χ2v) is 6.79. The molecule has 1 aromatic heterocycles. The number of hydrogen-bond donors (Lipinski definition) is 1. The molecule has 0 aliphatic carbocycles. The van der Waals surface area contributed by atoms with Crippen molar-refractivity contribution in [2.45, 2.75) is 19.8 Å². The zero-order valence-electron chi connectivity index (χ0n) is 15.8. The van der Waals surface area contributed by atoms with E-state index in [9.17, 15) is 15.4 Å². The fourth-order valence-corrected chi connectivity index (χ4v) is 3.58. The maximum Gasteiger partial charge on any atom is 0.273 e. The summed E-state index contributed by atoms with van der Waals surface area (Å²) < 4.78 is 7.39. The summed E-state index contributed by atoms with van der Waals surface area (Å²) in [6, 6.07) is 16.1. The molecule has 0 spiro atoms. The molecule has 0 bridgehead atoms. The van der Waals surface area contributed by atoms with Gasteiger partial charge in [0.1, 0.15) is 11.6 Å². The van der Waals surface area contributed by atoms with E-state index in [2.05, 4.69) is 11.2 Å². The van der Waals surface area contributed by atoms with E-state index in [0.717, 1.165) is 11.3 Å². The van der Waals surface area contributed by atoms with Crippen molar-refractivity contribution in [1.82, 2.24) is 9.78 Å². The van der Waals surface area contributed by atoms with E-state index in [4.69, 9.17) is 10.5 Å². The first-order valence-electron chi connectivity index (χ1n) is 8.89. The number of fused-ring (bicyclic) bond motifs is 1. The van der Waals surface area contributed by atoms with Gasteiger partial charge in [-0.25, -0.2) is 4.68 Å². The van der Waals surface area contributed by atoms with E-state index in [0.29, 0.717) is 22.7 Å². The van der Waals surface area contributed by atoms with E-state index in [1.54, 1.807) is 29.8 Å². The van der Waals surface area contributed by atoms with Crippen LogP contribution in [-0.2, 0) is 0 Å². The number of nitro groups is 1. The van der Waals surface area contributed by atoms with Crippen LogP contribution in [0, 0.1) is 35.3 Å². The third-order valence-electron chi connectivity index (χ3n) is 4.96. The summed E-state index contributed by atoms with van der Waals surface area (Å²) in [5.41, 5.74) is 9.51. The predicted molar refractivity (Wildman–Crippen MR) is 105 cm³/mol. The Morgan fingerprint density at radius 1 is 1.21 bits per heavy atom. The maximum atomic E-state index is 11.6. The van der Waals surface area contributed by atoms with Crippen molar-refractivity contribution in [3.63, 3.8) is 0 Å². The van der Waals surface area contributed by atoms with Crippen LogP contribution in [0.4, 0.5) is 5.69 Å². The minimum atomic E-state index is -0.746. The van der Waals surface area contributed by atoms with Crippen molar-refractivity contribution in [3.8, 4) is 17.6 Å². The number of aromatic nitrogens is 2. The summed E-state index contributed by atoms with van der Waals surface area (Å²) in [4.78, 5) is 11.2. The lowest BCUT2D eigenvalue weighted by Crippen LogP contribution is -2.22. The van der Waals surface area contributed by atoms with E-state index < -0.39 is 10.8 Å². The van der Waals surface area contributed by atoms with E-state index >= 15 is 0 Å². The predicted octanol–water partition coefficient (Wildman–Crippen LogP) is 3.62. The van der Waals surface area contributed by atoms with Gasteiger partial charge in [-0.05, 0) is 26.0 Å². The molecule has 1 unspecified atom stereocenters. The molecule has 8 heteroatoms. The van der Waals surface area contributed by atoms with E-state index in [-0.39, 0.29) is 17.1 Å². The van der Waals surface area contributed by atoms with E-state index in [1.165, 1.54) is 6.07 Å². The third kappa shape index (κ3) is 2.89. The SMILES string of the molecule is Cc1ccc(-n2nc(C)c3c2OC(N)=C(C#N)C3c2ccccc2[N+](=O)[O-])cc1. The van der Waals surface area contributed by atoms with Gasteiger partial charge < -0.3 is 10.5 Å².